The van der Waals surface area contributed by atoms with Crippen LogP contribution in [0, 0.1) is 11.3 Å². The van der Waals surface area contributed by atoms with Crippen LogP contribution in [0.25, 0.3) is 0 Å². The molecule has 0 amide bonds. The number of methoxy groups -OCH3 is 1. The first-order valence-electron chi connectivity index (χ1n) is 6.60. The van der Waals surface area contributed by atoms with Gasteiger partial charge in [-0.1, -0.05) is 30.3 Å². The number of rotatable bonds is 5. The SMILES string of the molecule is COc1ccccc1C(C)NCc1cccc(C#N)c1. The van der Waals surface area contributed by atoms with Gasteiger partial charge in [-0.05, 0) is 30.7 Å². The lowest BCUT2D eigenvalue weighted by atomic mass is 10.1. The van der Waals surface area contributed by atoms with Crippen molar-refractivity contribution in [2.75, 3.05) is 7.11 Å². The van der Waals surface area contributed by atoms with E-state index in [2.05, 4.69) is 24.4 Å². The Morgan fingerprint density at radius 2 is 2.00 bits per heavy atom. The van der Waals surface area contributed by atoms with Crippen LogP contribution in [0.1, 0.15) is 29.7 Å². The van der Waals surface area contributed by atoms with E-state index in [1.54, 1.807) is 7.11 Å². The Morgan fingerprint density at radius 3 is 2.75 bits per heavy atom. The van der Waals surface area contributed by atoms with E-state index in [1.165, 1.54) is 0 Å². The normalized spacial score (nSPS) is 11.7. The van der Waals surface area contributed by atoms with E-state index >= 15 is 0 Å². The fourth-order valence-electron chi connectivity index (χ4n) is 2.16. The second-order valence-corrected chi connectivity index (χ2v) is 4.66. The fourth-order valence-corrected chi connectivity index (χ4v) is 2.16. The Hall–Kier alpha value is -2.31. The van der Waals surface area contributed by atoms with Crippen molar-refractivity contribution in [3.05, 3.63) is 65.2 Å². The highest BCUT2D eigenvalue weighted by Crippen LogP contribution is 2.24. The Balaban J connectivity index is 2.05. The van der Waals surface area contributed by atoms with Crippen molar-refractivity contribution >= 4 is 0 Å². The molecule has 0 saturated heterocycles. The van der Waals surface area contributed by atoms with Crippen LogP contribution < -0.4 is 10.1 Å². The van der Waals surface area contributed by atoms with Gasteiger partial charge in [-0.25, -0.2) is 0 Å². The lowest BCUT2D eigenvalue weighted by Gasteiger charge is -2.17. The standard InChI is InChI=1S/C17H18N2O/c1-13(16-8-3-4-9-17(16)20-2)19-12-15-7-5-6-14(10-15)11-18/h3-10,13,19H,12H2,1-2H3. The molecule has 1 atom stereocenters. The molecule has 2 rings (SSSR count). The molecule has 0 fully saturated rings. The molecule has 0 aliphatic carbocycles. The predicted molar refractivity (Wildman–Crippen MR) is 79.4 cm³/mol. The largest absolute Gasteiger partial charge is 0.496 e. The smallest absolute Gasteiger partial charge is 0.123 e. The predicted octanol–water partition coefficient (Wildman–Crippen LogP) is 3.42. The van der Waals surface area contributed by atoms with E-state index in [9.17, 15) is 0 Å². The molecule has 1 N–H and O–H groups in total. The Morgan fingerprint density at radius 1 is 1.20 bits per heavy atom. The zero-order valence-corrected chi connectivity index (χ0v) is 11.8. The van der Waals surface area contributed by atoms with Gasteiger partial charge < -0.3 is 10.1 Å². The van der Waals surface area contributed by atoms with Crippen LogP contribution in [0.15, 0.2) is 48.5 Å². The van der Waals surface area contributed by atoms with Gasteiger partial charge in [0.15, 0.2) is 0 Å². The van der Waals surface area contributed by atoms with E-state index in [0.29, 0.717) is 12.1 Å². The van der Waals surface area contributed by atoms with E-state index in [0.717, 1.165) is 16.9 Å². The first kappa shape index (κ1) is 14.1. The lowest BCUT2D eigenvalue weighted by Crippen LogP contribution is -2.18. The summed E-state index contributed by atoms with van der Waals surface area (Å²) in [7, 11) is 1.68. The highest BCUT2D eigenvalue weighted by molar-refractivity contribution is 5.36. The van der Waals surface area contributed by atoms with Gasteiger partial charge in [0.1, 0.15) is 5.75 Å². The van der Waals surface area contributed by atoms with Gasteiger partial charge in [-0.15, -0.1) is 0 Å². The summed E-state index contributed by atoms with van der Waals surface area (Å²) in [5.74, 6) is 0.887. The first-order chi connectivity index (χ1) is 9.74. The molecule has 2 aromatic rings. The molecule has 0 radical (unpaired) electrons. The van der Waals surface area contributed by atoms with Gasteiger partial charge in [0, 0.05) is 18.2 Å². The second kappa shape index (κ2) is 6.74. The second-order valence-electron chi connectivity index (χ2n) is 4.66. The Labute approximate surface area is 119 Å². The summed E-state index contributed by atoms with van der Waals surface area (Å²) in [4.78, 5) is 0. The molecule has 0 spiro atoms. The summed E-state index contributed by atoms with van der Waals surface area (Å²) in [5.41, 5.74) is 2.92. The molecule has 0 bridgehead atoms. The summed E-state index contributed by atoms with van der Waals surface area (Å²) in [5, 5.41) is 12.4. The summed E-state index contributed by atoms with van der Waals surface area (Å²) in [6.45, 7) is 2.82. The van der Waals surface area contributed by atoms with Gasteiger partial charge in [0.2, 0.25) is 0 Å². The average Bonchev–Trinajstić information content (AvgIpc) is 2.52. The molecule has 0 saturated carbocycles. The van der Waals surface area contributed by atoms with Crippen molar-refractivity contribution in [2.24, 2.45) is 0 Å². The topological polar surface area (TPSA) is 45.0 Å². The molecule has 3 heteroatoms. The van der Waals surface area contributed by atoms with Crippen molar-refractivity contribution in [2.45, 2.75) is 19.5 Å². The van der Waals surface area contributed by atoms with Crippen molar-refractivity contribution in [1.82, 2.24) is 5.32 Å². The maximum atomic E-state index is 8.90. The zero-order chi connectivity index (χ0) is 14.4. The van der Waals surface area contributed by atoms with Gasteiger partial charge in [-0.3, -0.25) is 0 Å². The molecular formula is C17H18N2O. The third kappa shape index (κ3) is 3.37. The lowest BCUT2D eigenvalue weighted by molar-refractivity contribution is 0.401. The van der Waals surface area contributed by atoms with E-state index in [4.69, 9.17) is 10.00 Å². The average molecular weight is 266 g/mol. The number of hydrogen-bond acceptors (Lipinski definition) is 3. The van der Waals surface area contributed by atoms with Crippen LogP contribution in [0.2, 0.25) is 0 Å². The van der Waals surface area contributed by atoms with E-state index < -0.39 is 0 Å². The Bertz CT molecular complexity index is 616. The van der Waals surface area contributed by atoms with Gasteiger partial charge >= 0.3 is 0 Å². The quantitative estimate of drug-likeness (QED) is 0.902. The van der Waals surface area contributed by atoms with Crippen LogP contribution in [-0.2, 0) is 6.54 Å². The van der Waals surface area contributed by atoms with E-state index in [-0.39, 0.29) is 6.04 Å². The molecule has 102 valence electrons. The monoisotopic (exact) mass is 266 g/mol. The summed E-state index contributed by atoms with van der Waals surface area (Å²) >= 11 is 0. The molecule has 0 aliphatic rings. The number of nitriles is 1. The fraction of sp³-hybridized carbons (Fsp3) is 0.235. The van der Waals surface area contributed by atoms with Crippen molar-refractivity contribution < 1.29 is 4.74 Å². The third-order valence-corrected chi connectivity index (χ3v) is 3.27. The van der Waals surface area contributed by atoms with Crippen LogP contribution in [0.3, 0.4) is 0 Å². The van der Waals surface area contributed by atoms with Crippen molar-refractivity contribution in [3.63, 3.8) is 0 Å². The van der Waals surface area contributed by atoms with Crippen LogP contribution in [-0.4, -0.2) is 7.11 Å². The summed E-state index contributed by atoms with van der Waals surface area (Å²) in [6, 6.07) is 18.0. The minimum Gasteiger partial charge on any atom is -0.496 e. The van der Waals surface area contributed by atoms with Crippen molar-refractivity contribution in [1.29, 1.82) is 5.26 Å². The highest BCUT2D eigenvalue weighted by atomic mass is 16.5. The van der Waals surface area contributed by atoms with Gasteiger partial charge in [0.25, 0.3) is 0 Å². The summed E-state index contributed by atoms with van der Waals surface area (Å²) < 4.78 is 5.37. The van der Waals surface area contributed by atoms with Crippen molar-refractivity contribution in [3.8, 4) is 11.8 Å². The zero-order valence-electron chi connectivity index (χ0n) is 11.8. The molecule has 3 nitrogen and oxygen atoms in total. The number of para-hydroxylation sites is 1. The van der Waals surface area contributed by atoms with Crippen LogP contribution >= 0.6 is 0 Å². The number of benzene rings is 2. The number of hydrogen-bond donors (Lipinski definition) is 1. The maximum absolute atomic E-state index is 8.90. The maximum Gasteiger partial charge on any atom is 0.123 e. The molecule has 20 heavy (non-hydrogen) atoms. The highest BCUT2D eigenvalue weighted by Gasteiger charge is 2.10. The number of ether oxygens (including phenoxy) is 1. The van der Waals surface area contributed by atoms with Gasteiger partial charge in [0.05, 0.1) is 18.7 Å². The van der Waals surface area contributed by atoms with Crippen LogP contribution in [0.5, 0.6) is 5.75 Å². The van der Waals surface area contributed by atoms with Gasteiger partial charge in [-0.2, -0.15) is 5.26 Å². The first-order valence-corrected chi connectivity index (χ1v) is 6.60. The molecule has 2 aromatic carbocycles. The third-order valence-electron chi connectivity index (χ3n) is 3.27. The molecular weight excluding hydrogens is 248 g/mol. The Kier molecular flexibility index (Phi) is 4.75. The molecule has 0 heterocycles. The summed E-state index contributed by atoms with van der Waals surface area (Å²) in [6.07, 6.45) is 0. The molecule has 0 aliphatic heterocycles. The van der Waals surface area contributed by atoms with Crippen LogP contribution in [0.4, 0.5) is 0 Å². The number of nitrogens with one attached hydrogen (secondary N) is 1. The minimum atomic E-state index is 0.178. The van der Waals surface area contributed by atoms with E-state index in [1.807, 2.05) is 42.5 Å². The number of nitrogens with zero attached hydrogens (tertiary/aromatic N) is 1. The molecule has 0 aromatic heterocycles. The molecule has 1 unspecified atom stereocenters. The minimum absolute atomic E-state index is 0.178.